The van der Waals surface area contributed by atoms with E-state index in [9.17, 15) is 9.90 Å². The minimum atomic E-state index is -0.655. The Hall–Kier alpha value is -2.33. The van der Waals surface area contributed by atoms with Gasteiger partial charge in [0, 0.05) is 0 Å². The van der Waals surface area contributed by atoms with Crippen molar-refractivity contribution in [2.24, 2.45) is 5.73 Å². The van der Waals surface area contributed by atoms with Gasteiger partial charge in [-0.1, -0.05) is 36.4 Å². The van der Waals surface area contributed by atoms with E-state index in [2.05, 4.69) is 5.32 Å². The van der Waals surface area contributed by atoms with Crippen molar-refractivity contribution in [1.29, 1.82) is 0 Å². The summed E-state index contributed by atoms with van der Waals surface area (Å²) in [6.07, 6.45) is 0.458. The van der Waals surface area contributed by atoms with Crippen LogP contribution in [0.5, 0.6) is 5.75 Å². The quantitative estimate of drug-likeness (QED) is 0.746. The number of hydrogen-bond acceptors (Lipinski definition) is 3. The van der Waals surface area contributed by atoms with Crippen molar-refractivity contribution in [3.05, 3.63) is 59.7 Å². The van der Waals surface area contributed by atoms with Gasteiger partial charge in [-0.05, 0) is 36.6 Å². The molecule has 0 aliphatic rings. The molecular weight excluding hydrogens is 252 g/mol. The minimum absolute atomic E-state index is 0.0378. The topological polar surface area (TPSA) is 75.3 Å². The minimum Gasteiger partial charge on any atom is -0.506 e. The summed E-state index contributed by atoms with van der Waals surface area (Å²) in [5.74, 6) is -0.273. The highest BCUT2D eigenvalue weighted by molar-refractivity contribution is 5.96. The number of rotatable bonds is 4. The molecule has 0 spiro atoms. The molecule has 4 nitrogen and oxygen atoms in total. The summed E-state index contributed by atoms with van der Waals surface area (Å²) in [5.41, 5.74) is 8.24. The molecule has 1 amide bonds. The first-order chi connectivity index (χ1) is 9.56. The van der Waals surface area contributed by atoms with Gasteiger partial charge in [0.2, 0.25) is 5.91 Å². The lowest BCUT2D eigenvalue weighted by atomic mass is 10.1. The van der Waals surface area contributed by atoms with Gasteiger partial charge in [-0.15, -0.1) is 0 Å². The molecule has 0 aliphatic heterocycles. The zero-order valence-corrected chi connectivity index (χ0v) is 11.3. The molecule has 0 aliphatic carbocycles. The van der Waals surface area contributed by atoms with Gasteiger partial charge in [0.25, 0.3) is 0 Å². The molecule has 0 bridgehead atoms. The van der Waals surface area contributed by atoms with Crippen molar-refractivity contribution >= 4 is 11.6 Å². The molecule has 2 aromatic rings. The zero-order valence-electron chi connectivity index (χ0n) is 11.3. The number of carbonyl (C=O) groups is 1. The number of aryl methyl sites for hydroxylation is 1. The Bertz CT molecular complexity index is 597. The van der Waals surface area contributed by atoms with E-state index in [4.69, 9.17) is 5.73 Å². The number of phenolic OH excluding ortho intramolecular Hbond substituents is 1. The third kappa shape index (κ3) is 3.59. The third-order valence-corrected chi connectivity index (χ3v) is 3.05. The number of anilines is 1. The van der Waals surface area contributed by atoms with Crippen LogP contribution in [0.2, 0.25) is 0 Å². The van der Waals surface area contributed by atoms with Crippen LogP contribution < -0.4 is 11.1 Å². The third-order valence-electron chi connectivity index (χ3n) is 3.05. The Morgan fingerprint density at radius 2 is 1.95 bits per heavy atom. The van der Waals surface area contributed by atoms with Gasteiger partial charge in [0.05, 0.1) is 11.7 Å². The first kappa shape index (κ1) is 14.1. The molecule has 1 atom stereocenters. The Morgan fingerprint density at radius 3 is 2.65 bits per heavy atom. The fourth-order valence-electron chi connectivity index (χ4n) is 1.94. The number of amides is 1. The molecule has 0 saturated heterocycles. The summed E-state index contributed by atoms with van der Waals surface area (Å²) in [4.78, 5) is 12.0. The number of carbonyl (C=O) groups excluding carboxylic acids is 1. The maximum atomic E-state index is 12.0. The zero-order chi connectivity index (χ0) is 14.5. The molecular formula is C16H18N2O2. The van der Waals surface area contributed by atoms with Gasteiger partial charge in [-0.2, -0.15) is 0 Å². The Labute approximate surface area is 118 Å². The number of phenols is 1. The van der Waals surface area contributed by atoms with Gasteiger partial charge < -0.3 is 16.2 Å². The predicted molar refractivity (Wildman–Crippen MR) is 79.6 cm³/mol. The molecule has 4 heteroatoms. The van der Waals surface area contributed by atoms with Crippen LogP contribution in [0, 0.1) is 6.92 Å². The fraction of sp³-hybridized carbons (Fsp3) is 0.188. The van der Waals surface area contributed by atoms with Crippen molar-refractivity contribution in [3.8, 4) is 5.75 Å². The lowest BCUT2D eigenvalue weighted by Gasteiger charge is -2.13. The van der Waals surface area contributed by atoms with Crippen molar-refractivity contribution in [2.75, 3.05) is 5.32 Å². The van der Waals surface area contributed by atoms with Gasteiger partial charge >= 0.3 is 0 Å². The second-order valence-corrected chi connectivity index (χ2v) is 4.81. The lowest BCUT2D eigenvalue weighted by molar-refractivity contribution is -0.117. The number of benzene rings is 2. The molecule has 0 aromatic heterocycles. The Balaban J connectivity index is 2.02. The fourth-order valence-corrected chi connectivity index (χ4v) is 1.94. The van der Waals surface area contributed by atoms with E-state index in [0.29, 0.717) is 12.1 Å². The molecule has 0 saturated carbocycles. The molecule has 0 heterocycles. The van der Waals surface area contributed by atoms with Gasteiger partial charge in [0.15, 0.2) is 0 Å². The molecule has 2 aromatic carbocycles. The molecule has 0 fully saturated rings. The van der Waals surface area contributed by atoms with Crippen LogP contribution in [0.4, 0.5) is 5.69 Å². The van der Waals surface area contributed by atoms with Crippen LogP contribution in [-0.2, 0) is 11.2 Å². The van der Waals surface area contributed by atoms with E-state index in [1.165, 1.54) is 0 Å². The summed E-state index contributed by atoms with van der Waals surface area (Å²) in [7, 11) is 0. The van der Waals surface area contributed by atoms with E-state index in [1.807, 2.05) is 37.3 Å². The normalized spacial score (nSPS) is 11.9. The number of aromatic hydroxyl groups is 1. The van der Waals surface area contributed by atoms with Crippen LogP contribution in [-0.4, -0.2) is 17.1 Å². The average Bonchev–Trinajstić information content (AvgIpc) is 2.44. The second kappa shape index (κ2) is 6.21. The standard InChI is InChI=1S/C16H18N2O2/c1-11-7-8-15(19)14(9-11)18-16(20)13(17)10-12-5-3-2-4-6-12/h2-9,13,19H,10,17H2,1H3,(H,18,20)/t13-/m0/s1. The summed E-state index contributed by atoms with van der Waals surface area (Å²) in [6, 6.07) is 14.0. The maximum absolute atomic E-state index is 12.0. The maximum Gasteiger partial charge on any atom is 0.241 e. The predicted octanol–water partition coefficient (Wildman–Crippen LogP) is 2.21. The van der Waals surface area contributed by atoms with Crippen LogP contribution in [0.25, 0.3) is 0 Å². The summed E-state index contributed by atoms with van der Waals surface area (Å²) in [5, 5.41) is 12.4. The van der Waals surface area contributed by atoms with Crippen LogP contribution in [0.1, 0.15) is 11.1 Å². The Morgan fingerprint density at radius 1 is 1.25 bits per heavy atom. The van der Waals surface area contributed by atoms with Gasteiger partial charge in [-0.25, -0.2) is 0 Å². The summed E-state index contributed by atoms with van der Waals surface area (Å²) < 4.78 is 0. The lowest BCUT2D eigenvalue weighted by Crippen LogP contribution is -2.37. The van der Waals surface area contributed by atoms with E-state index in [1.54, 1.807) is 18.2 Å². The monoisotopic (exact) mass is 270 g/mol. The van der Waals surface area contributed by atoms with E-state index in [-0.39, 0.29) is 11.7 Å². The highest BCUT2D eigenvalue weighted by atomic mass is 16.3. The first-order valence-electron chi connectivity index (χ1n) is 6.46. The van der Waals surface area contributed by atoms with Crippen LogP contribution in [0.3, 0.4) is 0 Å². The van der Waals surface area contributed by atoms with Gasteiger partial charge in [0.1, 0.15) is 5.75 Å². The smallest absolute Gasteiger partial charge is 0.241 e. The molecule has 0 radical (unpaired) electrons. The van der Waals surface area contributed by atoms with E-state index >= 15 is 0 Å². The van der Waals surface area contributed by atoms with Gasteiger partial charge in [-0.3, -0.25) is 4.79 Å². The molecule has 20 heavy (non-hydrogen) atoms. The Kier molecular flexibility index (Phi) is 4.38. The highest BCUT2D eigenvalue weighted by Crippen LogP contribution is 2.23. The largest absolute Gasteiger partial charge is 0.506 e. The number of nitrogens with two attached hydrogens (primary N) is 1. The van der Waals surface area contributed by atoms with E-state index < -0.39 is 6.04 Å². The number of nitrogens with one attached hydrogen (secondary N) is 1. The molecule has 4 N–H and O–H groups in total. The first-order valence-corrected chi connectivity index (χ1v) is 6.46. The highest BCUT2D eigenvalue weighted by Gasteiger charge is 2.15. The summed E-state index contributed by atoms with van der Waals surface area (Å²) >= 11 is 0. The second-order valence-electron chi connectivity index (χ2n) is 4.81. The van der Waals surface area contributed by atoms with Crippen molar-refractivity contribution in [1.82, 2.24) is 0 Å². The van der Waals surface area contributed by atoms with Crippen molar-refractivity contribution in [2.45, 2.75) is 19.4 Å². The SMILES string of the molecule is Cc1ccc(O)c(NC(=O)[C@@H](N)Cc2ccccc2)c1. The summed E-state index contributed by atoms with van der Waals surface area (Å²) in [6.45, 7) is 1.89. The average molecular weight is 270 g/mol. The van der Waals surface area contributed by atoms with E-state index in [0.717, 1.165) is 11.1 Å². The molecule has 104 valence electrons. The van der Waals surface area contributed by atoms with Crippen molar-refractivity contribution in [3.63, 3.8) is 0 Å². The van der Waals surface area contributed by atoms with Crippen molar-refractivity contribution < 1.29 is 9.90 Å². The molecule has 0 unspecified atom stereocenters. The van der Waals surface area contributed by atoms with Crippen LogP contribution in [0.15, 0.2) is 48.5 Å². The molecule has 2 rings (SSSR count). The van der Waals surface area contributed by atoms with Crippen LogP contribution >= 0.6 is 0 Å². The number of hydrogen-bond donors (Lipinski definition) is 3.